The summed E-state index contributed by atoms with van der Waals surface area (Å²) in [4.78, 5) is 22.5. The van der Waals surface area contributed by atoms with Crippen LogP contribution < -0.4 is 22.1 Å². The lowest BCUT2D eigenvalue weighted by Crippen LogP contribution is -2.50. The van der Waals surface area contributed by atoms with Gasteiger partial charge >= 0.3 is 6.03 Å². The first kappa shape index (κ1) is 13.8. The highest BCUT2D eigenvalue weighted by Gasteiger charge is 2.29. The molecular weight excluding hydrogens is 220 g/mol. The molecule has 0 heterocycles. The van der Waals surface area contributed by atoms with Crippen molar-refractivity contribution in [3.63, 3.8) is 0 Å². The van der Waals surface area contributed by atoms with Crippen LogP contribution in [0.3, 0.4) is 0 Å². The van der Waals surface area contributed by atoms with E-state index in [4.69, 9.17) is 11.5 Å². The maximum absolute atomic E-state index is 11.8. The van der Waals surface area contributed by atoms with Crippen LogP contribution in [0.4, 0.5) is 4.79 Å². The van der Waals surface area contributed by atoms with Crippen LogP contribution in [0, 0.1) is 5.92 Å². The predicted molar refractivity (Wildman–Crippen MR) is 65.1 cm³/mol. The van der Waals surface area contributed by atoms with Crippen molar-refractivity contribution in [3.05, 3.63) is 0 Å². The summed E-state index contributed by atoms with van der Waals surface area (Å²) in [5.41, 5.74) is 10.9. The van der Waals surface area contributed by atoms with Gasteiger partial charge in [-0.1, -0.05) is 13.3 Å². The summed E-state index contributed by atoms with van der Waals surface area (Å²) in [6.07, 6.45) is 3.67. The first-order valence-electron chi connectivity index (χ1n) is 6.13. The molecule has 3 amide bonds. The van der Waals surface area contributed by atoms with E-state index in [1.54, 1.807) is 0 Å². The fourth-order valence-electron chi connectivity index (χ4n) is 1.76. The van der Waals surface area contributed by atoms with Gasteiger partial charge in [-0.15, -0.1) is 0 Å². The molecule has 2 atom stereocenters. The molecule has 0 spiro atoms. The molecule has 0 aromatic heterocycles. The average Bonchev–Trinajstić information content (AvgIpc) is 3.08. The van der Waals surface area contributed by atoms with Crippen LogP contribution in [0.2, 0.25) is 0 Å². The first-order chi connectivity index (χ1) is 8.04. The van der Waals surface area contributed by atoms with E-state index in [0.29, 0.717) is 18.9 Å². The fraction of sp³-hybridized carbons (Fsp3) is 0.818. The molecule has 1 aliphatic carbocycles. The third-order valence-corrected chi connectivity index (χ3v) is 2.95. The molecule has 6 N–H and O–H groups in total. The van der Waals surface area contributed by atoms with Crippen LogP contribution >= 0.6 is 0 Å². The normalized spacial score (nSPS) is 18.2. The number of carbonyl (C=O) groups is 2. The second kappa shape index (κ2) is 6.44. The number of hydrogen-bond acceptors (Lipinski definition) is 3. The molecule has 17 heavy (non-hydrogen) atoms. The van der Waals surface area contributed by atoms with E-state index in [2.05, 4.69) is 10.6 Å². The molecule has 0 saturated heterocycles. The maximum Gasteiger partial charge on any atom is 0.312 e. The molecule has 1 rings (SSSR count). The molecular formula is C11H22N4O2. The van der Waals surface area contributed by atoms with Gasteiger partial charge in [-0.05, 0) is 25.2 Å². The third kappa shape index (κ3) is 5.04. The Hall–Kier alpha value is -1.30. The Balaban J connectivity index is 2.32. The highest BCUT2D eigenvalue weighted by atomic mass is 16.2. The summed E-state index contributed by atoms with van der Waals surface area (Å²) in [5, 5.41) is 5.19. The quantitative estimate of drug-likeness (QED) is 0.491. The minimum absolute atomic E-state index is 0.0230. The van der Waals surface area contributed by atoms with Gasteiger partial charge in [0.05, 0.1) is 0 Å². The van der Waals surface area contributed by atoms with Crippen molar-refractivity contribution in [2.75, 3.05) is 6.54 Å². The van der Waals surface area contributed by atoms with Crippen LogP contribution in [-0.4, -0.2) is 30.6 Å². The van der Waals surface area contributed by atoms with E-state index in [-0.39, 0.29) is 11.9 Å². The molecule has 1 aliphatic rings. The number of primary amides is 1. The van der Waals surface area contributed by atoms with E-state index in [1.165, 1.54) is 0 Å². The lowest BCUT2D eigenvalue weighted by atomic mass is 10.1. The zero-order chi connectivity index (χ0) is 12.8. The average molecular weight is 242 g/mol. The Labute approximate surface area is 101 Å². The van der Waals surface area contributed by atoms with Crippen LogP contribution in [0.5, 0.6) is 0 Å². The molecule has 0 radical (unpaired) electrons. The fourth-order valence-corrected chi connectivity index (χ4v) is 1.76. The van der Waals surface area contributed by atoms with Crippen molar-refractivity contribution in [2.24, 2.45) is 17.4 Å². The summed E-state index contributed by atoms with van der Waals surface area (Å²) in [7, 11) is 0. The Morgan fingerprint density at radius 2 is 2.06 bits per heavy atom. The van der Waals surface area contributed by atoms with Crippen molar-refractivity contribution < 1.29 is 9.59 Å². The molecule has 0 bridgehead atoms. The smallest absolute Gasteiger partial charge is 0.312 e. The van der Waals surface area contributed by atoms with Gasteiger partial charge in [-0.2, -0.15) is 0 Å². The summed E-state index contributed by atoms with van der Waals surface area (Å²) >= 11 is 0. The van der Waals surface area contributed by atoms with Gasteiger partial charge in [0.25, 0.3) is 0 Å². The SMILES string of the molecule is CCC[C@@H](NC(N)=O)C(=O)NCC(N)C1CC1. The van der Waals surface area contributed by atoms with Gasteiger partial charge in [-0.3, -0.25) is 4.79 Å². The summed E-state index contributed by atoms with van der Waals surface area (Å²) in [6, 6.07) is -1.20. The zero-order valence-corrected chi connectivity index (χ0v) is 10.2. The molecule has 0 aliphatic heterocycles. The number of urea groups is 1. The van der Waals surface area contributed by atoms with E-state index in [9.17, 15) is 9.59 Å². The van der Waals surface area contributed by atoms with Gasteiger partial charge in [-0.25, -0.2) is 4.79 Å². The van der Waals surface area contributed by atoms with Crippen molar-refractivity contribution in [2.45, 2.75) is 44.7 Å². The molecule has 6 heteroatoms. The van der Waals surface area contributed by atoms with Crippen LogP contribution in [0.15, 0.2) is 0 Å². The standard InChI is InChI=1S/C11H22N4O2/c1-2-3-9(15-11(13)17)10(16)14-6-8(12)7-4-5-7/h7-9H,2-6,12H2,1H3,(H,14,16)(H3,13,15,17)/t8?,9-/m1/s1. The Morgan fingerprint density at radius 3 is 2.53 bits per heavy atom. The van der Waals surface area contributed by atoms with Crippen molar-refractivity contribution in [3.8, 4) is 0 Å². The van der Waals surface area contributed by atoms with Crippen LogP contribution in [0.25, 0.3) is 0 Å². The number of amides is 3. The van der Waals surface area contributed by atoms with E-state index < -0.39 is 12.1 Å². The summed E-state index contributed by atoms with van der Waals surface area (Å²) in [6.45, 7) is 2.41. The lowest BCUT2D eigenvalue weighted by molar-refractivity contribution is -0.123. The Bertz CT molecular complexity index is 279. The highest BCUT2D eigenvalue weighted by Crippen LogP contribution is 2.31. The minimum atomic E-state index is -0.676. The predicted octanol–water partition coefficient (Wildman–Crippen LogP) is -0.323. The maximum atomic E-state index is 11.8. The molecule has 98 valence electrons. The van der Waals surface area contributed by atoms with Crippen molar-refractivity contribution in [1.29, 1.82) is 0 Å². The molecule has 1 unspecified atom stereocenters. The van der Waals surface area contributed by atoms with E-state index in [1.807, 2.05) is 6.92 Å². The first-order valence-corrected chi connectivity index (χ1v) is 6.13. The molecule has 1 saturated carbocycles. The largest absolute Gasteiger partial charge is 0.353 e. The molecule has 1 fully saturated rings. The summed E-state index contributed by atoms with van der Waals surface area (Å²) < 4.78 is 0. The summed E-state index contributed by atoms with van der Waals surface area (Å²) in [5.74, 6) is 0.339. The van der Waals surface area contributed by atoms with E-state index in [0.717, 1.165) is 19.3 Å². The van der Waals surface area contributed by atoms with E-state index >= 15 is 0 Å². The number of rotatable bonds is 7. The number of nitrogens with two attached hydrogens (primary N) is 2. The lowest BCUT2D eigenvalue weighted by Gasteiger charge is -2.18. The Kier molecular flexibility index (Phi) is 5.21. The molecule has 0 aromatic carbocycles. The highest BCUT2D eigenvalue weighted by molar-refractivity contribution is 5.86. The molecule has 0 aromatic rings. The van der Waals surface area contributed by atoms with Gasteiger partial charge < -0.3 is 22.1 Å². The van der Waals surface area contributed by atoms with Gasteiger partial charge in [0.2, 0.25) is 5.91 Å². The van der Waals surface area contributed by atoms with Gasteiger partial charge in [0.15, 0.2) is 0 Å². The van der Waals surface area contributed by atoms with Gasteiger partial charge in [0.1, 0.15) is 6.04 Å². The van der Waals surface area contributed by atoms with Crippen LogP contribution in [0.1, 0.15) is 32.6 Å². The second-order valence-electron chi connectivity index (χ2n) is 4.60. The molecule has 6 nitrogen and oxygen atoms in total. The monoisotopic (exact) mass is 242 g/mol. The van der Waals surface area contributed by atoms with Crippen LogP contribution in [-0.2, 0) is 4.79 Å². The zero-order valence-electron chi connectivity index (χ0n) is 10.2. The Morgan fingerprint density at radius 1 is 1.41 bits per heavy atom. The van der Waals surface area contributed by atoms with Gasteiger partial charge in [0, 0.05) is 12.6 Å². The number of nitrogens with one attached hydrogen (secondary N) is 2. The third-order valence-electron chi connectivity index (χ3n) is 2.95. The topological polar surface area (TPSA) is 110 Å². The number of hydrogen-bond donors (Lipinski definition) is 4. The number of carbonyl (C=O) groups excluding carboxylic acids is 2. The van der Waals surface area contributed by atoms with Crippen molar-refractivity contribution in [1.82, 2.24) is 10.6 Å². The van der Waals surface area contributed by atoms with Crippen molar-refractivity contribution >= 4 is 11.9 Å². The second-order valence-corrected chi connectivity index (χ2v) is 4.60. The minimum Gasteiger partial charge on any atom is -0.353 e.